The van der Waals surface area contributed by atoms with E-state index in [9.17, 15) is 4.79 Å². The molecule has 1 fully saturated rings. The smallest absolute Gasteiger partial charge is 0.245 e. The van der Waals surface area contributed by atoms with Crippen molar-refractivity contribution in [3.05, 3.63) is 23.7 Å². The molecule has 1 aliphatic heterocycles. The lowest BCUT2D eigenvalue weighted by Crippen LogP contribution is -2.25. The average Bonchev–Trinajstić information content (AvgIpc) is 2.92. The molecule has 0 N–H and O–H groups in total. The Balaban J connectivity index is 2.18. The van der Waals surface area contributed by atoms with Gasteiger partial charge >= 0.3 is 0 Å². The van der Waals surface area contributed by atoms with Gasteiger partial charge in [0.15, 0.2) is 5.65 Å². The maximum absolute atomic E-state index is 12.3. The molecule has 20 heavy (non-hydrogen) atoms. The first-order valence-electron chi connectivity index (χ1n) is 6.77. The summed E-state index contributed by atoms with van der Waals surface area (Å²) in [5.74, 6) is 1.46. The van der Waals surface area contributed by atoms with Crippen LogP contribution in [-0.4, -0.2) is 44.8 Å². The summed E-state index contributed by atoms with van der Waals surface area (Å²) in [5, 5.41) is 0. The highest BCUT2D eigenvalue weighted by Gasteiger charge is 2.33. The van der Waals surface area contributed by atoms with Gasteiger partial charge in [-0.15, -0.1) is 11.6 Å². The monoisotopic (exact) mass is 292 g/mol. The quantitative estimate of drug-likeness (QED) is 0.812. The fourth-order valence-corrected chi connectivity index (χ4v) is 2.92. The van der Waals surface area contributed by atoms with Crippen LogP contribution in [0.25, 0.3) is 11.2 Å². The highest BCUT2D eigenvalue weighted by molar-refractivity contribution is 6.17. The summed E-state index contributed by atoms with van der Waals surface area (Å²) in [7, 11) is 1.83. The van der Waals surface area contributed by atoms with Gasteiger partial charge in [-0.25, -0.2) is 9.97 Å². The van der Waals surface area contributed by atoms with Crippen LogP contribution in [0.3, 0.4) is 0 Å². The van der Waals surface area contributed by atoms with Crippen LogP contribution in [0.1, 0.15) is 24.0 Å². The number of fused-ring (bicyclic) bond motifs is 1. The fourth-order valence-electron chi connectivity index (χ4n) is 2.75. The first-order chi connectivity index (χ1) is 9.61. The fraction of sp³-hybridized carbons (Fsp3) is 0.500. The van der Waals surface area contributed by atoms with Crippen molar-refractivity contribution in [1.82, 2.24) is 19.4 Å². The van der Waals surface area contributed by atoms with E-state index in [0.29, 0.717) is 12.3 Å². The minimum absolute atomic E-state index is 0.128. The van der Waals surface area contributed by atoms with E-state index >= 15 is 0 Å². The van der Waals surface area contributed by atoms with Crippen LogP contribution in [0.5, 0.6) is 0 Å². The van der Waals surface area contributed by atoms with Gasteiger partial charge in [0, 0.05) is 31.6 Å². The number of amides is 1. The van der Waals surface area contributed by atoms with Crippen molar-refractivity contribution in [3.8, 4) is 0 Å². The molecule has 0 bridgehead atoms. The zero-order chi connectivity index (χ0) is 14.3. The van der Waals surface area contributed by atoms with Crippen molar-refractivity contribution in [3.63, 3.8) is 0 Å². The number of pyridine rings is 1. The topological polar surface area (TPSA) is 51.0 Å². The molecule has 2 aromatic heterocycles. The van der Waals surface area contributed by atoms with E-state index in [0.717, 1.165) is 35.6 Å². The first kappa shape index (κ1) is 13.4. The Bertz CT molecular complexity index is 666. The number of rotatable bonds is 3. The van der Waals surface area contributed by atoms with Crippen LogP contribution in [0.4, 0.5) is 0 Å². The Hall–Kier alpha value is -1.62. The standard InChI is InChI=1S/C14H17ClN4O/c1-9-3-4-10-13(16-9)19(12(17-10)5-7-15)11-6-8-18(2)14(11)20/h3-4,11H,5-8H2,1-2H3. The number of nitrogens with zero attached hydrogens (tertiary/aromatic N) is 4. The van der Waals surface area contributed by atoms with Crippen molar-refractivity contribution in [1.29, 1.82) is 0 Å². The molecule has 3 rings (SSSR count). The number of carbonyl (C=O) groups is 1. The lowest BCUT2D eigenvalue weighted by Gasteiger charge is -2.15. The number of carbonyl (C=O) groups excluding carboxylic acids is 1. The minimum atomic E-state index is -0.197. The Kier molecular flexibility index (Phi) is 3.38. The molecule has 3 heterocycles. The van der Waals surface area contributed by atoms with E-state index in [1.807, 2.05) is 30.7 Å². The second kappa shape index (κ2) is 5.05. The Labute approximate surface area is 122 Å². The summed E-state index contributed by atoms with van der Waals surface area (Å²) >= 11 is 5.87. The van der Waals surface area contributed by atoms with Gasteiger partial charge in [-0.2, -0.15) is 0 Å². The SMILES string of the molecule is Cc1ccc2nc(CCCl)n(C3CCN(C)C3=O)c2n1. The third kappa shape index (κ3) is 2.06. The summed E-state index contributed by atoms with van der Waals surface area (Å²) in [6, 6.07) is 3.69. The van der Waals surface area contributed by atoms with Gasteiger partial charge in [-0.05, 0) is 25.5 Å². The molecule has 0 saturated carbocycles. The lowest BCUT2D eigenvalue weighted by molar-refractivity contribution is -0.129. The van der Waals surface area contributed by atoms with E-state index < -0.39 is 0 Å². The van der Waals surface area contributed by atoms with Gasteiger partial charge in [-0.1, -0.05) is 0 Å². The summed E-state index contributed by atoms with van der Waals surface area (Å²) in [4.78, 5) is 23.2. The predicted octanol–water partition coefficient (Wildman–Crippen LogP) is 1.92. The number of likely N-dealkylation sites (N-methyl/N-ethyl adjacent to an activating group) is 1. The second-order valence-corrected chi connectivity index (χ2v) is 5.57. The second-order valence-electron chi connectivity index (χ2n) is 5.20. The van der Waals surface area contributed by atoms with Gasteiger partial charge < -0.3 is 4.90 Å². The number of halogens is 1. The van der Waals surface area contributed by atoms with Gasteiger partial charge in [-0.3, -0.25) is 9.36 Å². The van der Waals surface area contributed by atoms with Crippen LogP contribution in [0.2, 0.25) is 0 Å². The predicted molar refractivity (Wildman–Crippen MR) is 78.0 cm³/mol. The number of aromatic nitrogens is 3. The number of likely N-dealkylation sites (tertiary alicyclic amines) is 1. The molecule has 0 spiro atoms. The Morgan fingerprint density at radius 3 is 2.85 bits per heavy atom. The van der Waals surface area contributed by atoms with Crippen molar-refractivity contribution in [2.75, 3.05) is 19.5 Å². The zero-order valence-corrected chi connectivity index (χ0v) is 12.4. The molecule has 1 aliphatic rings. The minimum Gasteiger partial charge on any atom is -0.344 e. The summed E-state index contributed by atoms with van der Waals surface area (Å²) in [5.41, 5.74) is 2.55. The molecule has 0 radical (unpaired) electrons. The van der Waals surface area contributed by atoms with Crippen molar-refractivity contribution in [2.24, 2.45) is 0 Å². The molecule has 1 amide bonds. The highest BCUT2D eigenvalue weighted by Crippen LogP contribution is 2.28. The van der Waals surface area contributed by atoms with Crippen LogP contribution < -0.4 is 0 Å². The molecular weight excluding hydrogens is 276 g/mol. The summed E-state index contributed by atoms with van der Waals surface area (Å²) < 4.78 is 1.98. The van der Waals surface area contributed by atoms with E-state index in [1.54, 1.807) is 4.90 Å². The molecule has 6 heteroatoms. The maximum Gasteiger partial charge on any atom is 0.245 e. The molecule has 1 saturated heterocycles. The molecule has 1 atom stereocenters. The third-order valence-electron chi connectivity index (χ3n) is 3.78. The van der Waals surface area contributed by atoms with Gasteiger partial charge in [0.1, 0.15) is 17.4 Å². The zero-order valence-electron chi connectivity index (χ0n) is 11.6. The van der Waals surface area contributed by atoms with Gasteiger partial charge in [0.05, 0.1) is 0 Å². The summed E-state index contributed by atoms with van der Waals surface area (Å²) in [6.07, 6.45) is 1.44. The van der Waals surface area contributed by atoms with E-state index in [4.69, 9.17) is 11.6 Å². The van der Waals surface area contributed by atoms with E-state index in [2.05, 4.69) is 9.97 Å². The molecule has 5 nitrogen and oxygen atoms in total. The van der Waals surface area contributed by atoms with Crippen LogP contribution in [0, 0.1) is 6.92 Å². The Morgan fingerprint density at radius 1 is 1.40 bits per heavy atom. The summed E-state index contributed by atoms with van der Waals surface area (Å²) in [6.45, 7) is 2.72. The molecule has 0 aliphatic carbocycles. The van der Waals surface area contributed by atoms with E-state index in [-0.39, 0.29) is 11.9 Å². The molecular formula is C14H17ClN4O. The first-order valence-corrected chi connectivity index (χ1v) is 7.30. The van der Waals surface area contributed by atoms with Crippen LogP contribution in [0.15, 0.2) is 12.1 Å². The van der Waals surface area contributed by atoms with Crippen LogP contribution >= 0.6 is 11.6 Å². The molecule has 0 aromatic carbocycles. The maximum atomic E-state index is 12.3. The molecule has 2 aromatic rings. The number of hydrogen-bond acceptors (Lipinski definition) is 3. The van der Waals surface area contributed by atoms with Crippen molar-refractivity contribution in [2.45, 2.75) is 25.8 Å². The highest BCUT2D eigenvalue weighted by atomic mass is 35.5. The molecule has 1 unspecified atom stereocenters. The Morgan fingerprint density at radius 2 is 2.20 bits per heavy atom. The largest absolute Gasteiger partial charge is 0.344 e. The number of alkyl halides is 1. The number of hydrogen-bond donors (Lipinski definition) is 0. The van der Waals surface area contributed by atoms with Gasteiger partial charge in [0.25, 0.3) is 0 Å². The van der Waals surface area contributed by atoms with Gasteiger partial charge in [0.2, 0.25) is 5.91 Å². The average molecular weight is 293 g/mol. The number of imidazole rings is 1. The lowest BCUT2D eigenvalue weighted by atomic mass is 10.2. The van der Waals surface area contributed by atoms with E-state index in [1.165, 1.54) is 0 Å². The van der Waals surface area contributed by atoms with Crippen molar-refractivity contribution >= 4 is 28.7 Å². The normalized spacial score (nSPS) is 19.2. The van der Waals surface area contributed by atoms with Crippen LogP contribution in [-0.2, 0) is 11.2 Å². The molecule has 106 valence electrons. The number of aryl methyl sites for hydroxylation is 2. The third-order valence-corrected chi connectivity index (χ3v) is 3.97. The van der Waals surface area contributed by atoms with Crippen molar-refractivity contribution < 1.29 is 4.79 Å².